The third-order valence-corrected chi connectivity index (χ3v) is 4.90. The molecule has 0 aliphatic carbocycles. The molecule has 0 unspecified atom stereocenters. The molecule has 0 saturated carbocycles. The van der Waals surface area contributed by atoms with Crippen molar-refractivity contribution >= 4 is 29.0 Å². The molecule has 10 nitrogen and oxygen atoms in total. The average Bonchev–Trinajstić information content (AvgIpc) is 2.66. The third kappa shape index (κ3) is 4.41. The third-order valence-electron chi connectivity index (χ3n) is 4.90. The quantitative estimate of drug-likeness (QED) is 0.552. The number of methoxy groups -OCH3 is 2. The summed E-state index contributed by atoms with van der Waals surface area (Å²) in [7, 11) is 3.10. The Balaban J connectivity index is 2.03. The molecule has 2 aromatic rings. The molecule has 3 rings (SSSR count). The van der Waals surface area contributed by atoms with Crippen LogP contribution in [0.4, 0.5) is 29.0 Å². The molecule has 2 heterocycles. The normalized spacial score (nSPS) is 19.0. The minimum absolute atomic E-state index is 0.153. The summed E-state index contributed by atoms with van der Waals surface area (Å²) in [6.07, 6.45) is 1.07. The lowest BCUT2D eigenvalue weighted by Crippen LogP contribution is -2.39. The number of hydrogen-bond donors (Lipinski definition) is 2. The van der Waals surface area contributed by atoms with Crippen molar-refractivity contribution in [2.24, 2.45) is 11.8 Å². The molecule has 0 spiro atoms. The number of piperidine rings is 1. The van der Waals surface area contributed by atoms with Crippen molar-refractivity contribution < 1.29 is 14.4 Å². The van der Waals surface area contributed by atoms with Gasteiger partial charge in [-0.2, -0.15) is 9.97 Å². The van der Waals surface area contributed by atoms with E-state index in [9.17, 15) is 10.1 Å². The molecule has 3 N–H and O–H groups in total. The number of benzene rings is 1. The summed E-state index contributed by atoms with van der Waals surface area (Å²) in [5.41, 5.74) is 6.26. The summed E-state index contributed by atoms with van der Waals surface area (Å²) >= 11 is 0. The van der Waals surface area contributed by atoms with Gasteiger partial charge in [-0.05, 0) is 30.4 Å². The summed E-state index contributed by atoms with van der Waals surface area (Å²) < 4.78 is 10.6. The first kappa shape index (κ1) is 20.4. The van der Waals surface area contributed by atoms with Crippen LogP contribution in [0.25, 0.3) is 0 Å². The Bertz CT molecular complexity index is 897. The fourth-order valence-corrected chi connectivity index (χ4v) is 3.78. The van der Waals surface area contributed by atoms with Crippen molar-refractivity contribution in [3.8, 4) is 11.5 Å². The summed E-state index contributed by atoms with van der Waals surface area (Å²) in [5, 5.41) is 14.7. The van der Waals surface area contributed by atoms with Gasteiger partial charge < -0.3 is 25.4 Å². The maximum Gasteiger partial charge on any atom is 0.353 e. The topological polar surface area (TPSA) is 129 Å². The summed E-state index contributed by atoms with van der Waals surface area (Å²) in [6, 6.07) is 5.23. The van der Waals surface area contributed by atoms with Gasteiger partial charge in [-0.1, -0.05) is 13.8 Å². The van der Waals surface area contributed by atoms with Crippen LogP contribution < -0.4 is 25.4 Å². The van der Waals surface area contributed by atoms with E-state index in [4.69, 9.17) is 15.2 Å². The Labute approximate surface area is 169 Å². The molecule has 1 saturated heterocycles. The highest BCUT2D eigenvalue weighted by Crippen LogP contribution is 2.37. The van der Waals surface area contributed by atoms with Crippen molar-refractivity contribution in [1.29, 1.82) is 0 Å². The van der Waals surface area contributed by atoms with Gasteiger partial charge in [-0.15, -0.1) is 0 Å². The molecule has 1 fully saturated rings. The van der Waals surface area contributed by atoms with E-state index in [1.165, 1.54) is 0 Å². The van der Waals surface area contributed by atoms with Gasteiger partial charge in [0.2, 0.25) is 17.6 Å². The molecule has 0 radical (unpaired) electrons. The first-order chi connectivity index (χ1) is 13.8. The van der Waals surface area contributed by atoms with Crippen LogP contribution in [0, 0.1) is 22.0 Å². The second-order valence-corrected chi connectivity index (χ2v) is 7.40. The van der Waals surface area contributed by atoms with Crippen LogP contribution in [-0.4, -0.2) is 42.2 Å². The molecule has 2 atom stereocenters. The van der Waals surface area contributed by atoms with Crippen molar-refractivity contribution in [2.45, 2.75) is 20.3 Å². The number of hydrogen-bond acceptors (Lipinski definition) is 9. The molecule has 1 aliphatic rings. The number of nitrogens with zero attached hydrogens (tertiary/aromatic N) is 4. The van der Waals surface area contributed by atoms with Crippen molar-refractivity contribution in [3.63, 3.8) is 0 Å². The highest BCUT2D eigenvalue weighted by Gasteiger charge is 2.31. The first-order valence-electron chi connectivity index (χ1n) is 9.38. The van der Waals surface area contributed by atoms with Gasteiger partial charge in [0.05, 0.1) is 24.8 Å². The Kier molecular flexibility index (Phi) is 5.90. The summed E-state index contributed by atoms with van der Waals surface area (Å²) in [6.45, 7) is 5.59. The highest BCUT2D eigenvalue weighted by molar-refractivity contribution is 5.73. The fourth-order valence-electron chi connectivity index (χ4n) is 3.78. The number of rotatable bonds is 6. The molecule has 0 bridgehead atoms. The van der Waals surface area contributed by atoms with Gasteiger partial charge in [-0.25, -0.2) is 0 Å². The van der Waals surface area contributed by atoms with Crippen LogP contribution in [0.1, 0.15) is 20.3 Å². The van der Waals surface area contributed by atoms with Gasteiger partial charge >= 0.3 is 5.69 Å². The number of ether oxygens (including phenoxy) is 2. The second-order valence-electron chi connectivity index (χ2n) is 7.40. The van der Waals surface area contributed by atoms with Gasteiger partial charge in [-0.3, -0.25) is 10.1 Å². The lowest BCUT2D eigenvalue weighted by Gasteiger charge is -2.35. The molecule has 29 heavy (non-hydrogen) atoms. The average molecular weight is 402 g/mol. The van der Waals surface area contributed by atoms with Gasteiger partial charge in [0.25, 0.3) is 0 Å². The van der Waals surface area contributed by atoms with Crippen LogP contribution in [0.2, 0.25) is 0 Å². The van der Waals surface area contributed by atoms with Crippen LogP contribution in [0.15, 0.2) is 18.2 Å². The molecule has 1 aromatic carbocycles. The maximum absolute atomic E-state index is 11.7. The van der Waals surface area contributed by atoms with Crippen molar-refractivity contribution in [1.82, 2.24) is 9.97 Å². The number of nitrogens with one attached hydrogen (secondary N) is 1. The zero-order valence-electron chi connectivity index (χ0n) is 17.0. The van der Waals surface area contributed by atoms with E-state index < -0.39 is 4.92 Å². The van der Waals surface area contributed by atoms with Crippen LogP contribution in [0.5, 0.6) is 11.5 Å². The molecule has 156 valence electrons. The molecule has 1 aliphatic heterocycles. The highest BCUT2D eigenvalue weighted by atomic mass is 16.6. The number of nitrogen functional groups attached to an aromatic ring is 1. The zero-order chi connectivity index (χ0) is 21.1. The monoisotopic (exact) mass is 402 g/mol. The standard InChI is InChI=1S/C19H26N6O4/c1-11-7-12(2)10-24(9-11)18-16(25(26)27)17(20)22-19(23-18)21-14-8-13(28-3)5-6-15(14)29-4/h5-6,8,11-12H,7,9-10H2,1-4H3,(H3,20,21,22,23)/t11-,12+. The molecule has 0 amide bonds. The lowest BCUT2D eigenvalue weighted by molar-refractivity contribution is -0.383. The van der Waals surface area contributed by atoms with E-state index >= 15 is 0 Å². The van der Waals surface area contributed by atoms with E-state index in [0.717, 1.165) is 6.42 Å². The minimum atomic E-state index is -0.523. The molecular formula is C19H26N6O4. The van der Waals surface area contributed by atoms with E-state index in [2.05, 4.69) is 29.1 Å². The SMILES string of the molecule is COc1ccc(OC)c(Nc2nc(N)c([N+](=O)[O-])c(N3C[C@H](C)C[C@H](C)C3)n2)c1. The lowest BCUT2D eigenvalue weighted by atomic mass is 9.92. The second kappa shape index (κ2) is 8.38. The Morgan fingerprint density at radius 1 is 1.21 bits per heavy atom. The smallest absolute Gasteiger partial charge is 0.353 e. The summed E-state index contributed by atoms with van der Waals surface area (Å²) in [5.74, 6) is 2.14. The van der Waals surface area contributed by atoms with Crippen LogP contribution in [-0.2, 0) is 0 Å². The van der Waals surface area contributed by atoms with E-state index in [1.54, 1.807) is 32.4 Å². The Hall–Kier alpha value is -3.30. The summed E-state index contributed by atoms with van der Waals surface area (Å²) in [4.78, 5) is 21.6. The van der Waals surface area contributed by atoms with Crippen molar-refractivity contribution in [3.05, 3.63) is 28.3 Å². The first-order valence-corrected chi connectivity index (χ1v) is 9.38. The van der Waals surface area contributed by atoms with E-state index in [0.29, 0.717) is 42.1 Å². The minimum Gasteiger partial charge on any atom is -0.497 e. The van der Waals surface area contributed by atoms with Crippen LogP contribution >= 0.6 is 0 Å². The predicted molar refractivity (Wildman–Crippen MR) is 111 cm³/mol. The number of aromatic nitrogens is 2. The number of nitro groups is 1. The molecule has 10 heteroatoms. The number of anilines is 4. The Morgan fingerprint density at radius 2 is 1.90 bits per heavy atom. The van der Waals surface area contributed by atoms with Crippen LogP contribution in [0.3, 0.4) is 0 Å². The maximum atomic E-state index is 11.7. The van der Waals surface area contributed by atoms with Crippen molar-refractivity contribution in [2.75, 3.05) is 43.3 Å². The van der Waals surface area contributed by atoms with E-state index in [-0.39, 0.29) is 23.3 Å². The molecular weight excluding hydrogens is 376 g/mol. The van der Waals surface area contributed by atoms with Gasteiger partial charge in [0.1, 0.15) is 11.5 Å². The fraction of sp³-hybridized carbons (Fsp3) is 0.474. The largest absolute Gasteiger partial charge is 0.497 e. The van der Waals surface area contributed by atoms with Gasteiger partial charge in [0.15, 0.2) is 0 Å². The number of nitrogens with two attached hydrogens (primary N) is 1. The van der Waals surface area contributed by atoms with E-state index in [1.807, 2.05) is 4.90 Å². The predicted octanol–water partition coefficient (Wildman–Crippen LogP) is 3.21. The molecule has 1 aromatic heterocycles. The Morgan fingerprint density at radius 3 is 2.48 bits per heavy atom. The zero-order valence-corrected chi connectivity index (χ0v) is 17.0. The van der Waals surface area contributed by atoms with Gasteiger partial charge in [0, 0.05) is 19.2 Å².